The van der Waals surface area contributed by atoms with E-state index in [0.717, 1.165) is 5.56 Å². The van der Waals surface area contributed by atoms with Gasteiger partial charge in [0, 0.05) is 12.3 Å². The van der Waals surface area contributed by atoms with Gasteiger partial charge in [-0.2, -0.15) is 9.78 Å². The van der Waals surface area contributed by atoms with Crippen molar-refractivity contribution in [3.05, 3.63) is 59.9 Å². The highest BCUT2D eigenvalue weighted by Crippen LogP contribution is 2.28. The first-order valence-corrected chi connectivity index (χ1v) is 7.32. The van der Waals surface area contributed by atoms with Crippen LogP contribution in [0, 0.1) is 0 Å². The Hall–Kier alpha value is -3.28. The van der Waals surface area contributed by atoms with Crippen LogP contribution >= 0.6 is 0 Å². The Kier molecular flexibility index (Phi) is 4.47. The normalized spacial score (nSPS) is 10.9. The monoisotopic (exact) mass is 323 g/mol. The zero-order valence-electron chi connectivity index (χ0n) is 13.4. The van der Waals surface area contributed by atoms with E-state index in [4.69, 9.17) is 9.47 Å². The number of methoxy groups -OCH3 is 2. The lowest BCUT2D eigenvalue weighted by molar-refractivity contribution is 0.355. The van der Waals surface area contributed by atoms with Gasteiger partial charge in [-0.1, -0.05) is 18.2 Å². The van der Waals surface area contributed by atoms with Crippen molar-refractivity contribution < 1.29 is 14.6 Å². The number of rotatable bonds is 5. The van der Waals surface area contributed by atoms with E-state index in [1.165, 1.54) is 4.68 Å². The molecule has 0 spiro atoms. The molecule has 3 aromatic rings. The minimum atomic E-state index is 0.0284. The molecule has 0 atom stereocenters. The summed E-state index contributed by atoms with van der Waals surface area (Å²) >= 11 is 0. The van der Waals surface area contributed by atoms with Gasteiger partial charge < -0.3 is 14.6 Å². The van der Waals surface area contributed by atoms with Crippen LogP contribution in [0.3, 0.4) is 0 Å². The average Bonchev–Trinajstić information content (AvgIpc) is 3.01. The van der Waals surface area contributed by atoms with Crippen molar-refractivity contribution in [2.75, 3.05) is 14.2 Å². The molecule has 3 rings (SSSR count). The Morgan fingerprint density at radius 3 is 2.54 bits per heavy atom. The number of nitrogens with zero attached hydrogens (tertiary/aromatic N) is 3. The van der Waals surface area contributed by atoms with Crippen LogP contribution in [0.2, 0.25) is 0 Å². The highest BCUT2D eigenvalue weighted by atomic mass is 16.5. The molecular weight excluding hydrogens is 306 g/mol. The number of aromatic hydroxyl groups is 1. The van der Waals surface area contributed by atoms with Crippen LogP contribution in [0.25, 0.3) is 18.0 Å². The highest BCUT2D eigenvalue weighted by molar-refractivity contribution is 5.70. The van der Waals surface area contributed by atoms with Crippen molar-refractivity contribution in [2.24, 2.45) is 0 Å². The molecule has 1 N–H and O–H groups in total. The molecule has 0 aliphatic carbocycles. The SMILES string of the molecule is COc1ccc(C=Cc2cc(O)n(-c3ccccn3)n2)cc1OC. The fraction of sp³-hybridized carbons (Fsp3) is 0.111. The van der Waals surface area contributed by atoms with E-state index in [0.29, 0.717) is 23.0 Å². The third kappa shape index (κ3) is 3.22. The van der Waals surface area contributed by atoms with Crippen LogP contribution in [-0.4, -0.2) is 34.1 Å². The Bertz CT molecular complexity index is 857. The Morgan fingerprint density at radius 2 is 1.83 bits per heavy atom. The third-order valence-corrected chi connectivity index (χ3v) is 3.43. The maximum absolute atomic E-state index is 10.0. The Morgan fingerprint density at radius 1 is 1.00 bits per heavy atom. The summed E-state index contributed by atoms with van der Waals surface area (Å²) in [7, 11) is 3.19. The van der Waals surface area contributed by atoms with Crippen LogP contribution in [0.15, 0.2) is 48.7 Å². The van der Waals surface area contributed by atoms with Crippen LogP contribution in [0.5, 0.6) is 17.4 Å². The zero-order chi connectivity index (χ0) is 16.9. The van der Waals surface area contributed by atoms with E-state index < -0.39 is 0 Å². The van der Waals surface area contributed by atoms with E-state index in [1.807, 2.05) is 36.4 Å². The summed E-state index contributed by atoms with van der Waals surface area (Å²) in [5.74, 6) is 1.91. The number of hydrogen-bond donors (Lipinski definition) is 1. The molecule has 2 aromatic heterocycles. The average molecular weight is 323 g/mol. The number of benzene rings is 1. The second-order valence-corrected chi connectivity index (χ2v) is 4.97. The summed E-state index contributed by atoms with van der Waals surface area (Å²) in [6.07, 6.45) is 5.34. The summed E-state index contributed by atoms with van der Waals surface area (Å²) in [6.45, 7) is 0. The summed E-state index contributed by atoms with van der Waals surface area (Å²) in [6, 6.07) is 12.6. The first-order valence-electron chi connectivity index (χ1n) is 7.32. The molecule has 6 heteroatoms. The number of hydrogen-bond acceptors (Lipinski definition) is 5. The summed E-state index contributed by atoms with van der Waals surface area (Å²) in [5, 5.41) is 14.4. The molecule has 0 unspecified atom stereocenters. The quantitative estimate of drug-likeness (QED) is 0.781. The lowest BCUT2D eigenvalue weighted by Gasteiger charge is -2.07. The second kappa shape index (κ2) is 6.87. The van der Waals surface area contributed by atoms with Crippen LogP contribution in [0.1, 0.15) is 11.3 Å². The summed E-state index contributed by atoms with van der Waals surface area (Å²) < 4.78 is 11.9. The molecule has 122 valence electrons. The first kappa shape index (κ1) is 15.6. The van der Waals surface area contributed by atoms with E-state index in [2.05, 4.69) is 10.1 Å². The predicted molar refractivity (Wildman–Crippen MR) is 91.5 cm³/mol. The van der Waals surface area contributed by atoms with Crippen molar-refractivity contribution in [3.8, 4) is 23.2 Å². The van der Waals surface area contributed by atoms with E-state index in [-0.39, 0.29) is 5.88 Å². The largest absolute Gasteiger partial charge is 0.493 e. The van der Waals surface area contributed by atoms with Crippen molar-refractivity contribution in [1.82, 2.24) is 14.8 Å². The molecule has 6 nitrogen and oxygen atoms in total. The number of ether oxygens (including phenoxy) is 2. The smallest absolute Gasteiger partial charge is 0.216 e. The van der Waals surface area contributed by atoms with Gasteiger partial charge in [-0.15, -0.1) is 0 Å². The second-order valence-electron chi connectivity index (χ2n) is 4.97. The first-order chi connectivity index (χ1) is 11.7. The maximum atomic E-state index is 10.0. The standard InChI is InChI=1S/C18H17N3O3/c1-23-15-9-7-13(11-16(15)24-2)6-8-14-12-18(22)21(20-14)17-5-3-4-10-19-17/h3-12,22H,1-2H3. The number of pyridine rings is 1. The van der Waals surface area contributed by atoms with Gasteiger partial charge in [-0.3, -0.25) is 0 Å². The summed E-state index contributed by atoms with van der Waals surface area (Å²) in [5.41, 5.74) is 1.55. The molecular formula is C18H17N3O3. The fourth-order valence-electron chi connectivity index (χ4n) is 2.26. The maximum Gasteiger partial charge on any atom is 0.216 e. The fourth-order valence-corrected chi connectivity index (χ4v) is 2.26. The molecule has 24 heavy (non-hydrogen) atoms. The van der Waals surface area contributed by atoms with Crippen molar-refractivity contribution >= 4 is 12.2 Å². The van der Waals surface area contributed by atoms with E-state index >= 15 is 0 Å². The van der Waals surface area contributed by atoms with Gasteiger partial charge in [-0.25, -0.2) is 4.98 Å². The highest BCUT2D eigenvalue weighted by Gasteiger charge is 2.07. The van der Waals surface area contributed by atoms with Gasteiger partial charge in [0.2, 0.25) is 5.88 Å². The molecule has 0 bridgehead atoms. The summed E-state index contributed by atoms with van der Waals surface area (Å²) in [4.78, 5) is 4.17. The molecule has 0 amide bonds. The Labute approximate surface area is 139 Å². The van der Waals surface area contributed by atoms with Gasteiger partial charge in [0.25, 0.3) is 0 Å². The Balaban J connectivity index is 1.85. The van der Waals surface area contributed by atoms with Crippen molar-refractivity contribution in [3.63, 3.8) is 0 Å². The van der Waals surface area contributed by atoms with Gasteiger partial charge in [0.05, 0.1) is 19.9 Å². The topological polar surface area (TPSA) is 69.4 Å². The lowest BCUT2D eigenvalue weighted by atomic mass is 10.2. The van der Waals surface area contributed by atoms with Crippen molar-refractivity contribution in [1.29, 1.82) is 0 Å². The van der Waals surface area contributed by atoms with Crippen LogP contribution < -0.4 is 9.47 Å². The van der Waals surface area contributed by atoms with Gasteiger partial charge >= 0.3 is 0 Å². The molecule has 0 aliphatic heterocycles. The minimum absolute atomic E-state index is 0.0284. The molecule has 0 radical (unpaired) electrons. The molecule has 0 aliphatic rings. The van der Waals surface area contributed by atoms with Gasteiger partial charge in [-0.05, 0) is 35.9 Å². The van der Waals surface area contributed by atoms with Crippen LogP contribution in [0.4, 0.5) is 0 Å². The molecule has 0 fully saturated rings. The van der Waals surface area contributed by atoms with E-state index in [9.17, 15) is 5.11 Å². The van der Waals surface area contributed by atoms with Crippen LogP contribution in [-0.2, 0) is 0 Å². The zero-order valence-corrected chi connectivity index (χ0v) is 13.4. The predicted octanol–water partition coefficient (Wildman–Crippen LogP) is 3.16. The molecule has 0 saturated carbocycles. The molecule has 2 heterocycles. The minimum Gasteiger partial charge on any atom is -0.493 e. The van der Waals surface area contributed by atoms with Gasteiger partial charge in [0.1, 0.15) is 0 Å². The third-order valence-electron chi connectivity index (χ3n) is 3.43. The van der Waals surface area contributed by atoms with Crippen molar-refractivity contribution in [2.45, 2.75) is 0 Å². The molecule has 0 saturated heterocycles. The number of aromatic nitrogens is 3. The molecule has 1 aromatic carbocycles. The van der Waals surface area contributed by atoms with Gasteiger partial charge in [0.15, 0.2) is 17.3 Å². The van der Waals surface area contributed by atoms with E-state index in [1.54, 1.807) is 38.6 Å². The lowest BCUT2D eigenvalue weighted by Crippen LogP contribution is -1.98.